The number of nitrogens with zero attached hydrogens (tertiary/aromatic N) is 4. The van der Waals surface area contributed by atoms with Crippen LogP contribution in [0.4, 0.5) is 5.69 Å². The fourth-order valence-corrected chi connectivity index (χ4v) is 2.78. The maximum Gasteiger partial charge on any atom is 0.270 e. The van der Waals surface area contributed by atoms with Crippen molar-refractivity contribution in [2.24, 2.45) is 0 Å². The van der Waals surface area contributed by atoms with Gasteiger partial charge in [0.05, 0.1) is 16.9 Å². The van der Waals surface area contributed by atoms with Gasteiger partial charge in [0, 0.05) is 37.1 Å². The molecule has 0 atom stereocenters. The first-order valence-electron chi connectivity index (χ1n) is 8.68. The largest absolute Gasteiger partial charge is 0.463 e. The molecule has 0 radical (unpaired) electrons. The molecule has 3 aromatic heterocycles. The van der Waals surface area contributed by atoms with Crippen LogP contribution in [0.1, 0.15) is 16.1 Å². The molecule has 0 fully saturated rings. The topological polar surface area (TPSA) is 116 Å². The maximum atomic E-state index is 12.8. The van der Waals surface area contributed by atoms with E-state index < -0.39 is 4.92 Å². The van der Waals surface area contributed by atoms with Gasteiger partial charge in [-0.3, -0.25) is 19.9 Å². The lowest BCUT2D eigenvalue weighted by Gasteiger charge is -2.08. The third-order valence-electron chi connectivity index (χ3n) is 4.20. The Hall–Kier alpha value is -4.27. The number of carbonyl (C=O) groups is 1. The molecule has 0 saturated carbocycles. The SMILES string of the molecule is O=C(NCc1cccnc1)c1cc(-c2ccco2)nn1-c1ccc([N+](=O)[O-])cc1. The number of nitro groups is 1. The van der Waals surface area contributed by atoms with Crippen LogP contribution in [0.2, 0.25) is 0 Å². The van der Waals surface area contributed by atoms with Crippen LogP contribution < -0.4 is 5.32 Å². The smallest absolute Gasteiger partial charge is 0.270 e. The number of carbonyl (C=O) groups excluding carboxylic acids is 1. The van der Waals surface area contributed by atoms with Crippen LogP contribution in [0.15, 0.2) is 77.7 Å². The third-order valence-corrected chi connectivity index (χ3v) is 4.20. The quantitative estimate of drug-likeness (QED) is 0.399. The zero-order valence-corrected chi connectivity index (χ0v) is 15.1. The summed E-state index contributed by atoms with van der Waals surface area (Å²) in [4.78, 5) is 27.3. The summed E-state index contributed by atoms with van der Waals surface area (Å²) in [5.41, 5.74) is 2.07. The first kappa shape index (κ1) is 18.1. The molecular weight excluding hydrogens is 374 g/mol. The summed E-state index contributed by atoms with van der Waals surface area (Å²) >= 11 is 0. The lowest BCUT2D eigenvalue weighted by Crippen LogP contribution is -2.25. The van der Waals surface area contributed by atoms with Gasteiger partial charge in [0.25, 0.3) is 11.6 Å². The molecule has 0 spiro atoms. The summed E-state index contributed by atoms with van der Waals surface area (Å²) in [6, 6.07) is 14.5. The first-order valence-corrected chi connectivity index (χ1v) is 8.68. The Morgan fingerprint density at radius 2 is 2.00 bits per heavy atom. The molecule has 4 aromatic rings. The highest BCUT2D eigenvalue weighted by atomic mass is 16.6. The molecule has 0 bridgehead atoms. The number of aromatic nitrogens is 3. The van der Waals surface area contributed by atoms with Gasteiger partial charge >= 0.3 is 0 Å². The van der Waals surface area contributed by atoms with E-state index in [-0.39, 0.29) is 17.3 Å². The molecule has 1 aromatic carbocycles. The second kappa shape index (κ2) is 7.77. The van der Waals surface area contributed by atoms with Crippen molar-refractivity contribution in [2.75, 3.05) is 0 Å². The number of nitro benzene ring substituents is 1. The Morgan fingerprint density at radius 3 is 2.66 bits per heavy atom. The summed E-state index contributed by atoms with van der Waals surface area (Å²) in [7, 11) is 0. The Balaban J connectivity index is 1.67. The van der Waals surface area contributed by atoms with Crippen molar-refractivity contribution in [2.45, 2.75) is 6.54 Å². The summed E-state index contributed by atoms with van der Waals surface area (Å²) in [6.45, 7) is 0.300. The van der Waals surface area contributed by atoms with E-state index in [0.717, 1.165) is 5.56 Å². The van der Waals surface area contributed by atoms with Crippen LogP contribution in [0.3, 0.4) is 0 Å². The molecule has 144 valence electrons. The normalized spacial score (nSPS) is 10.6. The van der Waals surface area contributed by atoms with E-state index in [0.29, 0.717) is 23.7 Å². The van der Waals surface area contributed by atoms with Crippen LogP contribution >= 0.6 is 0 Å². The van der Waals surface area contributed by atoms with Crippen LogP contribution in [0, 0.1) is 10.1 Å². The van der Waals surface area contributed by atoms with Crippen LogP contribution in [0.25, 0.3) is 17.1 Å². The Labute approximate surface area is 164 Å². The molecular formula is C20H15N5O4. The number of non-ortho nitro benzene ring substituents is 1. The lowest BCUT2D eigenvalue weighted by molar-refractivity contribution is -0.384. The van der Waals surface area contributed by atoms with Gasteiger partial charge in [-0.2, -0.15) is 5.10 Å². The number of pyridine rings is 1. The first-order chi connectivity index (χ1) is 14.1. The average molecular weight is 389 g/mol. The minimum Gasteiger partial charge on any atom is -0.463 e. The van der Waals surface area contributed by atoms with Crippen molar-refractivity contribution in [1.82, 2.24) is 20.1 Å². The maximum absolute atomic E-state index is 12.8. The van der Waals surface area contributed by atoms with E-state index in [9.17, 15) is 14.9 Å². The van der Waals surface area contributed by atoms with Crippen molar-refractivity contribution >= 4 is 11.6 Å². The fraction of sp³-hybridized carbons (Fsp3) is 0.0500. The highest BCUT2D eigenvalue weighted by Crippen LogP contribution is 2.23. The van der Waals surface area contributed by atoms with Crippen LogP contribution in [0.5, 0.6) is 0 Å². The predicted molar refractivity (Wildman–Crippen MR) is 103 cm³/mol. The fourth-order valence-electron chi connectivity index (χ4n) is 2.78. The standard InChI is InChI=1S/C20H15N5O4/c26-20(22-13-14-3-1-9-21-12-14)18-11-17(19-4-2-10-29-19)23-24(18)15-5-7-16(8-6-15)25(27)28/h1-12H,13H2,(H,22,26). The molecule has 0 aliphatic carbocycles. The number of furan rings is 1. The number of rotatable bonds is 6. The molecule has 29 heavy (non-hydrogen) atoms. The van der Waals surface area contributed by atoms with Gasteiger partial charge in [-0.15, -0.1) is 0 Å². The molecule has 1 N–H and O–H groups in total. The second-order valence-corrected chi connectivity index (χ2v) is 6.12. The summed E-state index contributed by atoms with van der Waals surface area (Å²) < 4.78 is 6.81. The molecule has 0 unspecified atom stereocenters. The van der Waals surface area contributed by atoms with Gasteiger partial charge in [0.1, 0.15) is 11.4 Å². The van der Waals surface area contributed by atoms with Crippen molar-refractivity contribution in [3.63, 3.8) is 0 Å². The van der Waals surface area contributed by atoms with Crippen LogP contribution in [-0.2, 0) is 6.54 Å². The third kappa shape index (κ3) is 3.88. The summed E-state index contributed by atoms with van der Waals surface area (Å²) in [5, 5.41) is 18.2. The van der Waals surface area contributed by atoms with Gasteiger partial charge in [-0.1, -0.05) is 6.07 Å². The highest BCUT2D eigenvalue weighted by Gasteiger charge is 2.19. The minimum absolute atomic E-state index is 0.0465. The monoisotopic (exact) mass is 389 g/mol. The van der Waals surface area contributed by atoms with E-state index in [4.69, 9.17) is 4.42 Å². The van der Waals surface area contributed by atoms with E-state index in [1.807, 2.05) is 6.07 Å². The number of hydrogen-bond acceptors (Lipinski definition) is 6. The summed E-state index contributed by atoms with van der Waals surface area (Å²) in [6.07, 6.45) is 4.84. The minimum atomic E-state index is -0.483. The van der Waals surface area contributed by atoms with Crippen molar-refractivity contribution in [3.05, 3.63) is 94.6 Å². The Morgan fingerprint density at radius 1 is 1.17 bits per heavy atom. The van der Waals surface area contributed by atoms with Gasteiger partial charge in [-0.25, -0.2) is 4.68 Å². The van der Waals surface area contributed by atoms with Crippen molar-refractivity contribution < 1.29 is 14.1 Å². The van der Waals surface area contributed by atoms with Gasteiger partial charge in [0.2, 0.25) is 0 Å². The van der Waals surface area contributed by atoms with E-state index >= 15 is 0 Å². The lowest BCUT2D eigenvalue weighted by atomic mass is 10.2. The number of nitrogens with one attached hydrogen (secondary N) is 1. The predicted octanol–water partition coefficient (Wildman–Crippen LogP) is 3.37. The summed E-state index contributed by atoms with van der Waals surface area (Å²) in [5.74, 6) is 0.157. The molecule has 3 heterocycles. The second-order valence-electron chi connectivity index (χ2n) is 6.12. The highest BCUT2D eigenvalue weighted by molar-refractivity contribution is 5.94. The van der Waals surface area contributed by atoms with Crippen molar-refractivity contribution in [1.29, 1.82) is 0 Å². The van der Waals surface area contributed by atoms with Crippen LogP contribution in [-0.4, -0.2) is 25.6 Å². The van der Waals surface area contributed by atoms with E-state index in [2.05, 4.69) is 15.4 Å². The number of amides is 1. The zero-order chi connectivity index (χ0) is 20.2. The zero-order valence-electron chi connectivity index (χ0n) is 15.1. The molecule has 0 aliphatic heterocycles. The van der Waals surface area contributed by atoms with E-state index in [1.165, 1.54) is 35.2 Å². The molecule has 0 aliphatic rings. The molecule has 9 nitrogen and oxygen atoms in total. The van der Waals surface area contributed by atoms with Gasteiger partial charge in [0.15, 0.2) is 5.76 Å². The van der Waals surface area contributed by atoms with Gasteiger partial charge < -0.3 is 9.73 Å². The average Bonchev–Trinajstić information content (AvgIpc) is 3.43. The number of hydrogen-bond donors (Lipinski definition) is 1. The Bertz CT molecular complexity index is 1140. The molecule has 9 heteroatoms. The molecule has 1 amide bonds. The van der Waals surface area contributed by atoms with Gasteiger partial charge in [-0.05, 0) is 35.9 Å². The van der Waals surface area contributed by atoms with Crippen molar-refractivity contribution in [3.8, 4) is 17.1 Å². The molecule has 4 rings (SSSR count). The molecule has 0 saturated heterocycles. The number of benzene rings is 1. The van der Waals surface area contributed by atoms with E-state index in [1.54, 1.807) is 36.7 Å². The Kier molecular flexibility index (Phi) is 4.85.